The predicted octanol–water partition coefficient (Wildman–Crippen LogP) is 5.23. The van der Waals surface area contributed by atoms with E-state index in [-0.39, 0.29) is 6.10 Å². The van der Waals surface area contributed by atoms with Crippen molar-refractivity contribution < 1.29 is 5.11 Å². The number of aliphatic imine (C=N–C) groups is 1. The number of aryl methyl sites for hydroxylation is 1. The number of anilines is 1. The molecule has 0 amide bonds. The second kappa shape index (κ2) is 8.50. The molecule has 3 heterocycles. The molecule has 4 nitrogen and oxygen atoms in total. The quantitative estimate of drug-likeness (QED) is 0.278. The Bertz CT molecular complexity index is 1040. The Labute approximate surface area is 199 Å². The van der Waals surface area contributed by atoms with Gasteiger partial charge in [-0.05, 0) is 0 Å². The monoisotopic (exact) mass is 627 g/mol. The van der Waals surface area contributed by atoms with Crippen LogP contribution in [0.15, 0.2) is 39.5 Å². The van der Waals surface area contributed by atoms with Gasteiger partial charge in [0.15, 0.2) is 0 Å². The zero-order valence-electron chi connectivity index (χ0n) is 17.1. The minimum absolute atomic E-state index is 0.254. The molecule has 2 aromatic rings. The van der Waals surface area contributed by atoms with E-state index in [9.17, 15) is 5.11 Å². The third-order valence-electron chi connectivity index (χ3n) is 6.85. The van der Waals surface area contributed by atoms with Crippen LogP contribution in [0.1, 0.15) is 42.0 Å². The molecule has 1 fully saturated rings. The summed E-state index contributed by atoms with van der Waals surface area (Å²) in [5, 5.41) is 11.3. The van der Waals surface area contributed by atoms with Gasteiger partial charge in [-0.15, -0.1) is 0 Å². The average Bonchev–Trinajstić information content (AvgIpc) is 3.08. The maximum absolute atomic E-state index is 11.3. The van der Waals surface area contributed by atoms with Gasteiger partial charge in [-0.3, -0.25) is 0 Å². The molecule has 1 saturated carbocycles. The summed E-state index contributed by atoms with van der Waals surface area (Å²) in [4.78, 5) is 9.34. The minimum atomic E-state index is -1.74. The van der Waals surface area contributed by atoms with Crippen molar-refractivity contribution in [2.75, 3.05) is 5.73 Å². The van der Waals surface area contributed by atoms with Crippen molar-refractivity contribution in [3.8, 4) is 0 Å². The standard InChI is InChI=1S/C24H27I2N3O/c1-14-17(10-16-5-2-4-15-6-3-8-28-13-18(15)16)11-20(23(14)30)26-12-19(25)22-21(27)7-9-29-24(22)26/h2,4-5,7-9,12,14,17,20,23,30H,3,6,10-11,13H2,1H3,(H2,27,29)/t14-,17?,20?,23-/m1/s1. The fourth-order valence-electron chi connectivity index (χ4n) is 5.10. The molecule has 158 valence electrons. The van der Waals surface area contributed by atoms with Crippen molar-refractivity contribution in [3.05, 3.63) is 60.5 Å². The van der Waals surface area contributed by atoms with Crippen LogP contribution in [0.25, 0.3) is 3.58 Å². The number of hydrogen-bond donors (Lipinski definition) is 2. The molecule has 0 spiro atoms. The summed E-state index contributed by atoms with van der Waals surface area (Å²) < 4.78 is 5.19. The van der Waals surface area contributed by atoms with Gasteiger partial charge in [0.1, 0.15) is 0 Å². The van der Waals surface area contributed by atoms with Crippen LogP contribution < -0.4 is 5.73 Å². The number of rotatable bonds is 3. The summed E-state index contributed by atoms with van der Waals surface area (Å²) >= 11 is 0.660. The fourth-order valence-corrected chi connectivity index (χ4v) is 14.7. The van der Waals surface area contributed by atoms with Gasteiger partial charge in [0.2, 0.25) is 0 Å². The van der Waals surface area contributed by atoms with Gasteiger partial charge >= 0.3 is 200 Å². The van der Waals surface area contributed by atoms with Crippen molar-refractivity contribution in [3.63, 3.8) is 0 Å². The molecule has 3 N–H and O–H groups in total. The molecule has 0 radical (unpaired) electrons. The van der Waals surface area contributed by atoms with Crippen LogP contribution in [0.2, 0.25) is 0 Å². The summed E-state index contributed by atoms with van der Waals surface area (Å²) in [5.41, 5.74) is 12.5. The van der Waals surface area contributed by atoms with Gasteiger partial charge in [0, 0.05) is 0 Å². The Hall–Kier alpha value is -1.000. The van der Waals surface area contributed by atoms with Gasteiger partial charge in [0.25, 0.3) is 0 Å². The molecule has 1 aromatic heterocycles. The maximum atomic E-state index is 11.3. The van der Waals surface area contributed by atoms with Crippen LogP contribution in [0.4, 0.5) is 5.69 Å². The van der Waals surface area contributed by atoms with Crippen molar-refractivity contribution in [2.24, 2.45) is 16.8 Å². The molecular formula is C24H27I2N3O. The van der Waals surface area contributed by atoms with Crippen LogP contribution in [0.3, 0.4) is 0 Å². The number of nitrogens with two attached hydrogens (primary N) is 1. The van der Waals surface area contributed by atoms with E-state index in [1.54, 1.807) is 0 Å². The predicted molar refractivity (Wildman–Crippen MR) is 141 cm³/mol. The third kappa shape index (κ3) is 3.62. The van der Waals surface area contributed by atoms with E-state index in [2.05, 4.69) is 63.0 Å². The van der Waals surface area contributed by atoms with Gasteiger partial charge in [-0.1, -0.05) is 0 Å². The van der Waals surface area contributed by atoms with Crippen LogP contribution >= 0.6 is 42.4 Å². The van der Waals surface area contributed by atoms with Crippen LogP contribution in [0.5, 0.6) is 0 Å². The Balaban J connectivity index is 1.41. The molecule has 0 saturated heterocycles. The Morgan fingerprint density at radius 2 is 2.17 bits per heavy atom. The van der Waals surface area contributed by atoms with Gasteiger partial charge in [-0.25, -0.2) is 0 Å². The first-order chi connectivity index (χ1) is 14.5. The zero-order chi connectivity index (χ0) is 20.8. The molecule has 6 heteroatoms. The van der Waals surface area contributed by atoms with E-state index in [0.29, 0.717) is 15.8 Å². The van der Waals surface area contributed by atoms with Crippen molar-refractivity contribution in [2.45, 2.75) is 49.2 Å². The normalized spacial score (nSPS) is 28.8. The molecule has 2 unspecified atom stereocenters. The average molecular weight is 627 g/mol. The number of benzene rings is 1. The van der Waals surface area contributed by atoms with Crippen molar-refractivity contribution in [1.82, 2.24) is 4.98 Å². The van der Waals surface area contributed by atoms with Crippen molar-refractivity contribution in [1.29, 1.82) is 0 Å². The van der Waals surface area contributed by atoms with E-state index in [4.69, 9.17) is 10.7 Å². The number of aromatic nitrogens is 1. The summed E-state index contributed by atoms with van der Waals surface area (Å²) in [6.07, 6.45) is 7.88. The number of nitrogen functional groups attached to an aromatic ring is 1. The van der Waals surface area contributed by atoms with Gasteiger partial charge in [0.05, 0.1) is 0 Å². The third-order valence-corrected chi connectivity index (χ3v) is 15.2. The Kier molecular flexibility index (Phi) is 5.92. The SMILES string of the molecule is C[C@@H]1C(Cc2cccc3c2CN=CCC3)CC(I2C=C(I)c3c(N)ccnc32)[C@@H]1O. The molecule has 1 aromatic carbocycles. The number of hydrogen-bond acceptors (Lipinski definition) is 4. The Morgan fingerprint density at radius 3 is 3.03 bits per heavy atom. The zero-order valence-corrected chi connectivity index (χ0v) is 21.4. The molecule has 30 heavy (non-hydrogen) atoms. The summed E-state index contributed by atoms with van der Waals surface area (Å²) in [7, 11) is 0. The molecule has 3 aliphatic rings. The summed E-state index contributed by atoms with van der Waals surface area (Å²) in [5.74, 6) is 0.797. The summed E-state index contributed by atoms with van der Waals surface area (Å²) in [6.45, 7) is 3.04. The topological polar surface area (TPSA) is 71.5 Å². The van der Waals surface area contributed by atoms with Crippen molar-refractivity contribution >= 4 is 57.9 Å². The number of halogens is 2. The number of nitrogens with zero attached hydrogens (tertiary/aromatic N) is 2. The molecule has 2 aliphatic heterocycles. The van der Waals surface area contributed by atoms with Gasteiger partial charge < -0.3 is 0 Å². The van der Waals surface area contributed by atoms with Gasteiger partial charge in [-0.2, -0.15) is 0 Å². The van der Waals surface area contributed by atoms with E-state index in [1.807, 2.05) is 12.3 Å². The Morgan fingerprint density at radius 1 is 1.30 bits per heavy atom. The van der Waals surface area contributed by atoms with Crippen LogP contribution in [-0.4, -0.2) is 26.3 Å². The second-order valence-corrected chi connectivity index (χ2v) is 14.9. The number of pyridine rings is 1. The number of aliphatic hydroxyl groups excluding tert-OH is 1. The first-order valence-corrected chi connectivity index (χ1v) is 15.2. The molecule has 1 aliphatic carbocycles. The first kappa shape index (κ1) is 20.9. The van der Waals surface area contributed by atoms with E-state index in [1.165, 1.54) is 24.0 Å². The van der Waals surface area contributed by atoms with Crippen LogP contribution in [0, 0.1) is 15.5 Å². The van der Waals surface area contributed by atoms with Crippen LogP contribution in [-0.2, 0) is 19.4 Å². The van der Waals surface area contributed by atoms with E-state index >= 15 is 0 Å². The van der Waals surface area contributed by atoms with E-state index in [0.717, 1.165) is 43.5 Å². The first-order valence-electron chi connectivity index (χ1n) is 10.6. The molecule has 0 bridgehead atoms. The molecular weight excluding hydrogens is 600 g/mol. The summed E-state index contributed by atoms with van der Waals surface area (Å²) in [6, 6.07) is 8.63. The molecule has 4 atom stereocenters. The number of aliphatic hydroxyl groups is 1. The number of fused-ring (bicyclic) bond motifs is 2. The fraction of sp³-hybridized carbons (Fsp3) is 0.417. The second-order valence-electron chi connectivity index (χ2n) is 8.55. The van der Waals surface area contributed by atoms with E-state index < -0.39 is 19.8 Å². The molecule has 5 rings (SSSR count). The number of alkyl halides is 1.